The summed E-state index contributed by atoms with van der Waals surface area (Å²) in [5.74, 6) is -0.473. The van der Waals surface area contributed by atoms with E-state index in [0.717, 1.165) is 5.56 Å². The van der Waals surface area contributed by atoms with Crippen molar-refractivity contribution >= 4 is 29.7 Å². The van der Waals surface area contributed by atoms with Gasteiger partial charge in [-0.15, -0.1) is 0 Å². The molecule has 0 unspecified atom stereocenters. The molecule has 0 saturated heterocycles. The van der Waals surface area contributed by atoms with Gasteiger partial charge in [-0.25, -0.2) is 9.59 Å². The molecule has 6 heteroatoms. The van der Waals surface area contributed by atoms with Crippen LogP contribution in [0.25, 0.3) is 0 Å². The molecule has 0 radical (unpaired) electrons. The second-order valence-corrected chi connectivity index (χ2v) is 9.08. The van der Waals surface area contributed by atoms with E-state index in [1.807, 2.05) is 36.4 Å². The SMILES string of the molecule is O=C(O)c1ccc(P(=O)(C=CCc2ccccc2)c2ccc(C(=O)O)cc2)cc1. The number of carbonyl (C=O) groups is 2. The van der Waals surface area contributed by atoms with Crippen molar-refractivity contribution in [1.29, 1.82) is 0 Å². The largest absolute Gasteiger partial charge is 0.478 e. The van der Waals surface area contributed by atoms with Gasteiger partial charge in [0, 0.05) is 10.6 Å². The lowest BCUT2D eigenvalue weighted by atomic mass is 10.2. The van der Waals surface area contributed by atoms with E-state index < -0.39 is 19.1 Å². The van der Waals surface area contributed by atoms with Crippen LogP contribution < -0.4 is 10.6 Å². The highest BCUT2D eigenvalue weighted by Gasteiger charge is 2.25. The van der Waals surface area contributed by atoms with Crippen LogP contribution in [-0.4, -0.2) is 22.2 Å². The van der Waals surface area contributed by atoms with Crippen LogP contribution in [0, 0.1) is 0 Å². The highest BCUT2D eigenvalue weighted by Crippen LogP contribution is 2.45. The lowest BCUT2D eigenvalue weighted by molar-refractivity contribution is 0.0686. The zero-order valence-electron chi connectivity index (χ0n) is 15.4. The van der Waals surface area contributed by atoms with Crippen LogP contribution >= 0.6 is 7.14 Å². The van der Waals surface area contributed by atoms with Crippen LogP contribution in [0.3, 0.4) is 0 Å². The molecule has 0 aliphatic heterocycles. The summed E-state index contributed by atoms with van der Waals surface area (Å²) in [6, 6.07) is 21.6. The number of carboxylic acid groups (broad SMARTS) is 2. The zero-order valence-corrected chi connectivity index (χ0v) is 16.3. The fourth-order valence-corrected chi connectivity index (χ4v) is 5.15. The molecule has 0 heterocycles. The summed E-state index contributed by atoms with van der Waals surface area (Å²) in [6.07, 6.45) is 2.41. The third-order valence-corrected chi connectivity index (χ3v) is 7.27. The molecule has 0 aliphatic carbocycles. The number of benzene rings is 3. The average Bonchev–Trinajstić information content (AvgIpc) is 2.74. The summed E-state index contributed by atoms with van der Waals surface area (Å²) in [5.41, 5.74) is 1.28. The third-order valence-electron chi connectivity index (χ3n) is 4.51. The van der Waals surface area contributed by atoms with E-state index in [4.69, 9.17) is 10.2 Å². The first-order chi connectivity index (χ1) is 13.9. The summed E-state index contributed by atoms with van der Waals surface area (Å²) >= 11 is 0. The molecule has 0 bridgehead atoms. The highest BCUT2D eigenvalue weighted by molar-refractivity contribution is 7.81. The molecule has 0 amide bonds. The molecule has 29 heavy (non-hydrogen) atoms. The summed E-state index contributed by atoms with van der Waals surface area (Å²) in [6.45, 7) is 0. The molecule has 0 spiro atoms. The number of carboxylic acids is 2. The van der Waals surface area contributed by atoms with Crippen molar-refractivity contribution < 1.29 is 24.4 Å². The number of hydrogen-bond acceptors (Lipinski definition) is 3. The maximum Gasteiger partial charge on any atom is 0.335 e. The first-order valence-electron chi connectivity index (χ1n) is 8.89. The van der Waals surface area contributed by atoms with Crippen LogP contribution in [0.1, 0.15) is 26.3 Å². The summed E-state index contributed by atoms with van der Waals surface area (Å²) in [7, 11) is -3.23. The Morgan fingerprint density at radius 2 is 1.17 bits per heavy atom. The van der Waals surface area contributed by atoms with Gasteiger partial charge in [0.2, 0.25) is 0 Å². The van der Waals surface area contributed by atoms with Gasteiger partial charge in [-0.3, -0.25) is 0 Å². The Morgan fingerprint density at radius 3 is 1.59 bits per heavy atom. The Morgan fingerprint density at radius 1 is 0.724 bits per heavy atom. The van der Waals surface area contributed by atoms with E-state index in [2.05, 4.69) is 0 Å². The highest BCUT2D eigenvalue weighted by atomic mass is 31.2. The summed E-state index contributed by atoms with van der Waals surface area (Å²) in [5, 5.41) is 19.2. The van der Waals surface area contributed by atoms with E-state index in [0.29, 0.717) is 17.0 Å². The molecule has 0 aliphatic rings. The zero-order chi connectivity index (χ0) is 20.9. The molecule has 2 N–H and O–H groups in total. The molecule has 0 saturated carbocycles. The van der Waals surface area contributed by atoms with E-state index in [9.17, 15) is 14.2 Å². The fourth-order valence-electron chi connectivity index (χ4n) is 2.92. The fraction of sp³-hybridized carbons (Fsp3) is 0.0435. The van der Waals surface area contributed by atoms with Crippen LogP contribution in [0.4, 0.5) is 0 Å². The van der Waals surface area contributed by atoms with Crippen molar-refractivity contribution in [1.82, 2.24) is 0 Å². The van der Waals surface area contributed by atoms with Gasteiger partial charge < -0.3 is 14.8 Å². The topological polar surface area (TPSA) is 91.7 Å². The lowest BCUT2D eigenvalue weighted by Crippen LogP contribution is -2.15. The first-order valence-corrected chi connectivity index (χ1v) is 10.7. The van der Waals surface area contributed by atoms with Gasteiger partial charge in [-0.2, -0.15) is 0 Å². The van der Waals surface area contributed by atoms with Gasteiger partial charge in [0.05, 0.1) is 11.1 Å². The standard InChI is InChI=1S/C23H19O5P/c24-22(25)18-8-12-20(13-9-18)29(28,16-4-7-17-5-2-1-3-6-17)21-14-10-19(11-15-21)23(26)27/h1-6,8-16H,7H2,(H,24,25)(H,26,27). The molecule has 5 nitrogen and oxygen atoms in total. The summed E-state index contributed by atoms with van der Waals surface area (Å²) < 4.78 is 14.0. The second kappa shape index (κ2) is 8.72. The number of aromatic carboxylic acids is 2. The van der Waals surface area contributed by atoms with E-state index in [-0.39, 0.29) is 11.1 Å². The van der Waals surface area contributed by atoms with Crippen LogP contribution in [0.15, 0.2) is 90.8 Å². The van der Waals surface area contributed by atoms with Crippen LogP contribution in [0.5, 0.6) is 0 Å². The average molecular weight is 406 g/mol. The molecule has 3 rings (SSSR count). The van der Waals surface area contributed by atoms with E-state index >= 15 is 0 Å². The molecule has 3 aromatic rings. The monoisotopic (exact) mass is 406 g/mol. The number of hydrogen-bond donors (Lipinski definition) is 2. The predicted octanol–water partition coefficient (Wildman–Crippen LogP) is 4.15. The molecule has 146 valence electrons. The molecule has 0 atom stereocenters. The van der Waals surface area contributed by atoms with E-state index in [1.54, 1.807) is 30.1 Å². The third kappa shape index (κ3) is 4.71. The van der Waals surface area contributed by atoms with Crippen molar-refractivity contribution in [3.05, 3.63) is 107 Å². The van der Waals surface area contributed by atoms with Gasteiger partial charge in [0.1, 0.15) is 0 Å². The number of allylic oxidation sites excluding steroid dienone is 1. The van der Waals surface area contributed by atoms with Gasteiger partial charge in [0.15, 0.2) is 7.14 Å². The number of rotatable bonds is 7. The normalized spacial score (nSPS) is 11.4. The Kier molecular flexibility index (Phi) is 6.10. The molecule has 3 aromatic carbocycles. The predicted molar refractivity (Wildman–Crippen MR) is 113 cm³/mol. The van der Waals surface area contributed by atoms with Crippen LogP contribution in [0.2, 0.25) is 0 Å². The van der Waals surface area contributed by atoms with Gasteiger partial charge >= 0.3 is 11.9 Å². The minimum absolute atomic E-state index is 0.106. The van der Waals surface area contributed by atoms with Gasteiger partial charge in [0.25, 0.3) is 0 Å². The maximum atomic E-state index is 14.0. The van der Waals surface area contributed by atoms with Crippen molar-refractivity contribution in [2.75, 3.05) is 0 Å². The van der Waals surface area contributed by atoms with Crippen LogP contribution in [-0.2, 0) is 11.0 Å². The molecular weight excluding hydrogens is 387 g/mol. The van der Waals surface area contributed by atoms with Gasteiger partial charge in [-0.1, -0.05) is 60.7 Å². The van der Waals surface area contributed by atoms with Crippen molar-refractivity contribution in [2.45, 2.75) is 6.42 Å². The van der Waals surface area contributed by atoms with Crippen molar-refractivity contribution in [3.8, 4) is 0 Å². The maximum absolute atomic E-state index is 14.0. The Hall–Kier alpha value is -3.43. The first kappa shape index (κ1) is 20.3. The minimum Gasteiger partial charge on any atom is -0.478 e. The Bertz CT molecular complexity index is 1020. The van der Waals surface area contributed by atoms with Crippen molar-refractivity contribution in [3.63, 3.8) is 0 Å². The van der Waals surface area contributed by atoms with E-state index in [1.165, 1.54) is 24.3 Å². The minimum atomic E-state index is -3.23. The Balaban J connectivity index is 2.01. The van der Waals surface area contributed by atoms with Crippen molar-refractivity contribution in [2.24, 2.45) is 0 Å². The van der Waals surface area contributed by atoms with Gasteiger partial charge in [-0.05, 0) is 42.1 Å². The lowest BCUT2D eigenvalue weighted by Gasteiger charge is -2.16. The second-order valence-electron chi connectivity index (χ2n) is 6.44. The Labute approximate surface area is 168 Å². The quantitative estimate of drug-likeness (QED) is 0.575. The molecule has 0 fully saturated rings. The molecular formula is C23H19O5P. The smallest absolute Gasteiger partial charge is 0.335 e. The summed E-state index contributed by atoms with van der Waals surface area (Å²) in [4.78, 5) is 22.2. The molecule has 0 aromatic heterocycles.